The molecule has 0 aromatic heterocycles. The predicted octanol–water partition coefficient (Wildman–Crippen LogP) is 4.49. The lowest BCUT2D eigenvalue weighted by Crippen LogP contribution is -2.40. The van der Waals surface area contributed by atoms with Crippen LogP contribution in [0.15, 0.2) is 30.3 Å². The Morgan fingerprint density at radius 2 is 1.79 bits per heavy atom. The van der Waals surface area contributed by atoms with Crippen LogP contribution in [-0.4, -0.2) is 47.8 Å². The summed E-state index contributed by atoms with van der Waals surface area (Å²) < 4.78 is 40.6. The van der Waals surface area contributed by atoms with Gasteiger partial charge in [0.2, 0.25) is 5.91 Å². The molecular weight excluding hydrogens is 453 g/mol. The van der Waals surface area contributed by atoms with Gasteiger partial charge >= 0.3 is 0 Å². The number of non-ortho nitro benzene ring substituents is 1. The molecule has 0 atom stereocenters. The van der Waals surface area contributed by atoms with Crippen molar-refractivity contribution in [2.75, 3.05) is 36.4 Å². The van der Waals surface area contributed by atoms with E-state index >= 15 is 0 Å². The van der Waals surface area contributed by atoms with E-state index < -0.39 is 46.4 Å². The van der Waals surface area contributed by atoms with Crippen LogP contribution in [0.5, 0.6) is 0 Å². The maximum atomic E-state index is 13.9. The molecule has 0 bridgehead atoms. The molecule has 1 N–H and O–H groups in total. The van der Waals surface area contributed by atoms with Crippen molar-refractivity contribution < 1.29 is 27.7 Å². The third kappa shape index (κ3) is 5.64. The zero-order chi connectivity index (χ0) is 24.8. The van der Waals surface area contributed by atoms with Crippen LogP contribution >= 0.6 is 0 Å². The number of piperidine rings is 1. The molecule has 1 fully saturated rings. The molecule has 0 radical (unpaired) electrons. The minimum atomic E-state index is -1.72. The van der Waals surface area contributed by atoms with Crippen LogP contribution in [0.2, 0.25) is 0 Å². The molecule has 0 saturated carbocycles. The minimum absolute atomic E-state index is 0.0938. The lowest BCUT2D eigenvalue weighted by molar-refractivity contribution is -0.384. The van der Waals surface area contributed by atoms with Gasteiger partial charge in [-0.25, -0.2) is 13.2 Å². The van der Waals surface area contributed by atoms with Crippen molar-refractivity contribution in [2.45, 2.75) is 32.6 Å². The topological polar surface area (TPSA) is 95.8 Å². The number of nitrogens with one attached hydrogen (secondary N) is 1. The molecule has 2 aromatic rings. The first-order chi connectivity index (χ1) is 16.2. The second kappa shape index (κ2) is 11.0. The summed E-state index contributed by atoms with van der Waals surface area (Å²) in [6.07, 6.45) is 3.37. The van der Waals surface area contributed by atoms with Gasteiger partial charge in [0.05, 0.1) is 21.9 Å². The normalized spacial score (nSPS) is 13.5. The van der Waals surface area contributed by atoms with E-state index in [2.05, 4.69) is 5.32 Å². The van der Waals surface area contributed by atoms with Gasteiger partial charge < -0.3 is 15.1 Å². The van der Waals surface area contributed by atoms with E-state index in [1.807, 2.05) is 4.90 Å². The van der Waals surface area contributed by atoms with Gasteiger partial charge in [0.1, 0.15) is 6.54 Å². The van der Waals surface area contributed by atoms with Gasteiger partial charge in [-0.3, -0.25) is 19.7 Å². The summed E-state index contributed by atoms with van der Waals surface area (Å²) in [4.78, 5) is 39.9. The van der Waals surface area contributed by atoms with Gasteiger partial charge in [0.25, 0.3) is 11.6 Å². The van der Waals surface area contributed by atoms with Gasteiger partial charge in [0, 0.05) is 31.8 Å². The Balaban J connectivity index is 1.87. The Kier molecular flexibility index (Phi) is 8.08. The van der Waals surface area contributed by atoms with Crippen LogP contribution in [0.1, 0.15) is 43.0 Å². The fourth-order valence-electron chi connectivity index (χ4n) is 3.90. The Morgan fingerprint density at radius 3 is 2.44 bits per heavy atom. The van der Waals surface area contributed by atoms with Crippen molar-refractivity contribution in [2.24, 2.45) is 0 Å². The smallest absolute Gasteiger partial charge is 0.270 e. The molecule has 1 aliphatic rings. The van der Waals surface area contributed by atoms with Crippen molar-refractivity contribution in [3.63, 3.8) is 0 Å². The number of amides is 2. The number of rotatable bonds is 8. The number of halogens is 3. The number of hydrogen-bond acceptors (Lipinski definition) is 5. The molecule has 1 aliphatic heterocycles. The number of carbonyl (C=O) groups excluding carboxylic acids is 2. The lowest BCUT2D eigenvalue weighted by Gasteiger charge is -2.31. The summed E-state index contributed by atoms with van der Waals surface area (Å²) in [5.74, 6) is -6.08. The highest BCUT2D eigenvalue weighted by Crippen LogP contribution is 2.29. The second-order valence-corrected chi connectivity index (χ2v) is 8.00. The fourth-order valence-corrected chi connectivity index (χ4v) is 3.90. The number of nitro groups is 1. The number of hydrogen-bond donors (Lipinski definition) is 1. The number of nitro benzene ring substituents is 1. The molecule has 34 heavy (non-hydrogen) atoms. The molecule has 8 nitrogen and oxygen atoms in total. The standard InChI is InChI=1S/C23H25F3N4O4/c1-2-10-29(14-20(31)27-18-8-7-17(24)21(25)22(18)26)23(32)16-13-15(30(33)34)6-9-19(16)28-11-4-3-5-12-28/h6-9,13H,2-5,10-12,14H2,1H3,(H,27,31). The zero-order valence-electron chi connectivity index (χ0n) is 18.7. The zero-order valence-corrected chi connectivity index (χ0v) is 18.7. The molecule has 0 aliphatic carbocycles. The number of anilines is 2. The first-order valence-electron chi connectivity index (χ1n) is 11.0. The quantitative estimate of drug-likeness (QED) is 0.343. The number of benzene rings is 2. The van der Waals surface area contributed by atoms with E-state index in [0.717, 1.165) is 25.3 Å². The van der Waals surface area contributed by atoms with Gasteiger partial charge in [-0.2, -0.15) is 0 Å². The maximum Gasteiger partial charge on any atom is 0.270 e. The van der Waals surface area contributed by atoms with Gasteiger partial charge in [0.15, 0.2) is 17.5 Å². The molecule has 1 saturated heterocycles. The Hall–Kier alpha value is -3.63. The summed E-state index contributed by atoms with van der Waals surface area (Å²) >= 11 is 0. The number of carbonyl (C=O) groups is 2. The summed E-state index contributed by atoms with van der Waals surface area (Å²) in [6.45, 7) is 2.82. The van der Waals surface area contributed by atoms with Gasteiger partial charge in [-0.05, 0) is 43.9 Å². The van der Waals surface area contributed by atoms with Crippen LogP contribution < -0.4 is 10.2 Å². The van der Waals surface area contributed by atoms with Crippen LogP contribution in [0, 0.1) is 27.6 Å². The Labute approximate surface area is 194 Å². The summed E-state index contributed by atoms with van der Waals surface area (Å²) in [7, 11) is 0. The fraction of sp³-hybridized carbons (Fsp3) is 0.391. The van der Waals surface area contributed by atoms with Crippen molar-refractivity contribution in [1.82, 2.24) is 4.90 Å². The largest absolute Gasteiger partial charge is 0.371 e. The van der Waals surface area contributed by atoms with Gasteiger partial charge in [-0.1, -0.05) is 6.92 Å². The summed E-state index contributed by atoms with van der Waals surface area (Å²) in [5, 5.41) is 13.5. The molecule has 1 heterocycles. The third-order valence-corrected chi connectivity index (χ3v) is 5.54. The van der Waals surface area contributed by atoms with Crippen LogP contribution in [0.4, 0.5) is 30.2 Å². The summed E-state index contributed by atoms with van der Waals surface area (Å²) in [6, 6.07) is 5.63. The molecule has 2 aromatic carbocycles. The molecule has 2 amide bonds. The first-order valence-corrected chi connectivity index (χ1v) is 11.0. The van der Waals surface area contributed by atoms with Crippen LogP contribution in [-0.2, 0) is 4.79 Å². The molecule has 0 spiro atoms. The van der Waals surface area contributed by atoms with E-state index in [1.54, 1.807) is 6.92 Å². The van der Waals surface area contributed by atoms with Crippen molar-refractivity contribution in [3.05, 3.63) is 63.5 Å². The van der Waals surface area contributed by atoms with Crippen molar-refractivity contribution >= 4 is 28.9 Å². The van der Waals surface area contributed by atoms with E-state index in [4.69, 9.17) is 0 Å². The van der Waals surface area contributed by atoms with E-state index in [9.17, 15) is 32.9 Å². The molecular formula is C23H25F3N4O4. The van der Waals surface area contributed by atoms with Crippen LogP contribution in [0.25, 0.3) is 0 Å². The minimum Gasteiger partial charge on any atom is -0.371 e. The third-order valence-electron chi connectivity index (χ3n) is 5.54. The molecule has 0 unspecified atom stereocenters. The van der Waals surface area contributed by atoms with Crippen molar-refractivity contribution in [3.8, 4) is 0 Å². The Bertz CT molecular complexity index is 1090. The number of nitrogens with zero attached hydrogens (tertiary/aromatic N) is 3. The maximum absolute atomic E-state index is 13.9. The second-order valence-electron chi connectivity index (χ2n) is 8.00. The molecule has 11 heteroatoms. The summed E-state index contributed by atoms with van der Waals surface area (Å²) in [5.41, 5.74) is -0.175. The molecule has 3 rings (SSSR count). The van der Waals surface area contributed by atoms with Crippen molar-refractivity contribution in [1.29, 1.82) is 0 Å². The van der Waals surface area contributed by atoms with E-state index in [-0.39, 0.29) is 17.8 Å². The average Bonchev–Trinajstić information content (AvgIpc) is 2.83. The highest BCUT2D eigenvalue weighted by atomic mass is 19.2. The lowest BCUT2D eigenvalue weighted by atomic mass is 10.1. The van der Waals surface area contributed by atoms with E-state index in [1.165, 1.54) is 23.1 Å². The average molecular weight is 478 g/mol. The highest BCUT2D eigenvalue weighted by Gasteiger charge is 2.27. The van der Waals surface area contributed by atoms with Crippen LogP contribution in [0.3, 0.4) is 0 Å². The highest BCUT2D eigenvalue weighted by molar-refractivity contribution is 6.03. The van der Waals surface area contributed by atoms with Gasteiger partial charge in [-0.15, -0.1) is 0 Å². The first kappa shape index (κ1) is 25.0. The monoisotopic (exact) mass is 478 g/mol. The van der Waals surface area contributed by atoms with E-state index in [0.29, 0.717) is 31.3 Å². The Morgan fingerprint density at radius 1 is 1.09 bits per heavy atom. The predicted molar refractivity (Wildman–Crippen MR) is 120 cm³/mol. The molecule has 182 valence electrons. The SMILES string of the molecule is CCCN(CC(=O)Nc1ccc(F)c(F)c1F)C(=O)c1cc([N+](=O)[O-])ccc1N1CCCCC1.